The van der Waals surface area contributed by atoms with Crippen LogP contribution in [0.4, 0.5) is 0 Å². The molecule has 4 aliphatic carbocycles. The number of rotatable bonds is 10. The number of nitrogens with zero attached hydrogens (tertiary/aromatic N) is 2. The molecule has 5 rings (SSSR count). The Labute approximate surface area is 220 Å². The summed E-state index contributed by atoms with van der Waals surface area (Å²) in [4.78, 5) is 36.7. The van der Waals surface area contributed by atoms with Crippen LogP contribution < -0.4 is 20.7 Å². The van der Waals surface area contributed by atoms with Crippen molar-refractivity contribution in [1.82, 2.24) is 25.7 Å². The summed E-state index contributed by atoms with van der Waals surface area (Å²) in [7, 11) is 0. The topological polar surface area (TPSA) is 114 Å². The van der Waals surface area contributed by atoms with Gasteiger partial charge in [0, 0.05) is 32.6 Å². The van der Waals surface area contributed by atoms with Crippen LogP contribution in [0.25, 0.3) is 6.20 Å². The van der Waals surface area contributed by atoms with Crippen LogP contribution in [0, 0.1) is 29.1 Å². The molecule has 0 radical (unpaired) electrons. The molecule has 1 aromatic rings. The normalized spacial score (nSPS) is 28.5. The van der Waals surface area contributed by atoms with Crippen molar-refractivity contribution < 1.29 is 19.1 Å². The van der Waals surface area contributed by atoms with Gasteiger partial charge in [0.15, 0.2) is 0 Å². The summed E-state index contributed by atoms with van der Waals surface area (Å²) in [5.41, 5.74) is 0.0124. The maximum Gasteiger partial charge on any atom is 0.258 e. The molecule has 4 fully saturated rings. The minimum Gasteiger partial charge on any atom is -0.477 e. The van der Waals surface area contributed by atoms with E-state index >= 15 is 0 Å². The van der Waals surface area contributed by atoms with Crippen molar-refractivity contribution >= 4 is 23.9 Å². The molecule has 0 aliphatic heterocycles. The highest BCUT2D eigenvalue weighted by atomic mass is 16.5. The summed E-state index contributed by atoms with van der Waals surface area (Å²) in [6, 6.07) is 0.130. The fraction of sp³-hybridized carbons (Fsp3) is 0.714. The van der Waals surface area contributed by atoms with Gasteiger partial charge in [0.1, 0.15) is 5.56 Å². The highest BCUT2D eigenvalue weighted by molar-refractivity contribution is 5.96. The van der Waals surface area contributed by atoms with E-state index in [2.05, 4.69) is 34.9 Å². The van der Waals surface area contributed by atoms with Gasteiger partial charge in [-0.2, -0.15) is 5.10 Å². The van der Waals surface area contributed by atoms with Gasteiger partial charge in [0.2, 0.25) is 17.7 Å². The summed E-state index contributed by atoms with van der Waals surface area (Å²) < 4.78 is 7.65. The van der Waals surface area contributed by atoms with Gasteiger partial charge < -0.3 is 20.7 Å². The number of amides is 3. The van der Waals surface area contributed by atoms with Crippen molar-refractivity contribution in [3.8, 4) is 5.88 Å². The van der Waals surface area contributed by atoms with E-state index in [-0.39, 0.29) is 35.1 Å². The molecule has 4 bridgehead atoms. The summed E-state index contributed by atoms with van der Waals surface area (Å²) in [6.45, 7) is 12.2. The highest BCUT2D eigenvalue weighted by Gasteiger charge is 2.55. The van der Waals surface area contributed by atoms with E-state index in [9.17, 15) is 14.4 Å². The monoisotopic (exact) mass is 513 g/mol. The van der Waals surface area contributed by atoms with Crippen LogP contribution in [0.1, 0.15) is 84.0 Å². The molecular weight excluding hydrogens is 470 g/mol. The van der Waals surface area contributed by atoms with Crippen molar-refractivity contribution in [3.63, 3.8) is 0 Å². The zero-order chi connectivity index (χ0) is 27.0. The largest absolute Gasteiger partial charge is 0.477 e. The third-order valence-corrected chi connectivity index (χ3v) is 8.09. The molecule has 37 heavy (non-hydrogen) atoms. The minimum atomic E-state index is -0.580. The predicted molar refractivity (Wildman–Crippen MR) is 142 cm³/mol. The molecular formula is C28H43N5O4. The van der Waals surface area contributed by atoms with Gasteiger partial charge in [0.05, 0.1) is 18.3 Å². The van der Waals surface area contributed by atoms with Crippen LogP contribution in [0.2, 0.25) is 0 Å². The van der Waals surface area contributed by atoms with Gasteiger partial charge in [-0.15, -0.1) is 0 Å². The Hall–Kier alpha value is -2.84. The van der Waals surface area contributed by atoms with Gasteiger partial charge in [-0.25, -0.2) is 4.68 Å². The lowest BCUT2D eigenvalue weighted by Crippen LogP contribution is -2.61. The van der Waals surface area contributed by atoms with E-state index in [0.717, 1.165) is 32.2 Å². The number of nitrogens with one attached hydrogen (secondary N) is 3. The molecule has 4 saturated carbocycles. The lowest BCUT2D eigenvalue weighted by atomic mass is 9.48. The smallest absolute Gasteiger partial charge is 0.258 e. The minimum absolute atomic E-state index is 0.0287. The van der Waals surface area contributed by atoms with Crippen LogP contribution in [0.15, 0.2) is 12.3 Å². The SMILES string of the molecule is CC(=O)NCC12CC3CC(C1)C(NC(=O)c1cnn(C=CC(C)(C)NC(C)=O)c1OCC(C)C)C(C3)C2. The second-order valence-corrected chi connectivity index (χ2v) is 12.6. The van der Waals surface area contributed by atoms with E-state index in [1.54, 1.807) is 24.0 Å². The number of aromatic nitrogens is 2. The number of hydrogen-bond donors (Lipinski definition) is 3. The maximum atomic E-state index is 13.6. The molecule has 1 aromatic heterocycles. The second kappa shape index (κ2) is 10.5. The zero-order valence-electron chi connectivity index (χ0n) is 23.1. The number of carbonyl (C=O) groups excluding carboxylic acids is 3. The van der Waals surface area contributed by atoms with Crippen molar-refractivity contribution in [2.45, 2.75) is 85.2 Å². The van der Waals surface area contributed by atoms with Gasteiger partial charge in [-0.05, 0) is 81.1 Å². The standard InChI is InChI=1S/C28H43N5O4/c1-17(2)15-37-26-23(14-30-33(26)8-7-27(5,6)32-19(4)35)25(36)31-24-21-9-20-10-22(24)13-28(11-20,12-21)16-29-18(3)34/h7-8,14,17,20-22,24H,9-13,15-16H2,1-6H3,(H,29,34)(H,31,36)(H,32,35). The first-order chi connectivity index (χ1) is 17.4. The van der Waals surface area contributed by atoms with Crippen LogP contribution in [-0.4, -0.2) is 52.2 Å². The van der Waals surface area contributed by atoms with Crippen molar-refractivity contribution in [1.29, 1.82) is 0 Å². The van der Waals surface area contributed by atoms with Crippen LogP contribution in [-0.2, 0) is 9.59 Å². The Balaban J connectivity index is 1.50. The Morgan fingerprint density at radius 1 is 1.16 bits per heavy atom. The summed E-state index contributed by atoms with van der Waals surface area (Å²) in [5, 5.41) is 13.7. The lowest BCUT2D eigenvalue weighted by Gasteiger charge is -2.60. The summed E-state index contributed by atoms with van der Waals surface area (Å²) in [6.07, 6.45) is 10.7. The van der Waals surface area contributed by atoms with Crippen molar-refractivity contribution in [2.24, 2.45) is 29.1 Å². The molecule has 0 aromatic carbocycles. The van der Waals surface area contributed by atoms with Crippen molar-refractivity contribution in [3.05, 3.63) is 17.8 Å². The van der Waals surface area contributed by atoms with E-state index < -0.39 is 5.54 Å². The molecule has 3 amide bonds. The first-order valence-corrected chi connectivity index (χ1v) is 13.6. The average Bonchev–Trinajstić information content (AvgIpc) is 3.19. The first kappa shape index (κ1) is 27.2. The molecule has 0 saturated heterocycles. The van der Waals surface area contributed by atoms with E-state index in [4.69, 9.17) is 4.74 Å². The molecule has 1 heterocycles. The summed E-state index contributed by atoms with van der Waals surface area (Å²) >= 11 is 0. The molecule has 9 nitrogen and oxygen atoms in total. The van der Waals surface area contributed by atoms with Gasteiger partial charge in [-0.3, -0.25) is 14.4 Å². The predicted octanol–water partition coefficient (Wildman–Crippen LogP) is 3.36. The first-order valence-electron chi connectivity index (χ1n) is 13.6. The quantitative estimate of drug-likeness (QED) is 0.444. The molecule has 3 N–H and O–H groups in total. The molecule has 204 valence electrons. The zero-order valence-corrected chi connectivity index (χ0v) is 23.1. The fourth-order valence-electron chi connectivity index (χ4n) is 6.94. The third-order valence-electron chi connectivity index (χ3n) is 8.09. The van der Waals surface area contributed by atoms with Crippen molar-refractivity contribution in [2.75, 3.05) is 13.2 Å². The molecule has 4 aliphatic rings. The highest BCUT2D eigenvalue weighted by Crippen LogP contribution is 2.59. The van der Waals surface area contributed by atoms with Gasteiger partial charge >= 0.3 is 0 Å². The maximum absolute atomic E-state index is 13.6. The number of hydrogen-bond acceptors (Lipinski definition) is 5. The number of carbonyl (C=O) groups is 3. The fourth-order valence-corrected chi connectivity index (χ4v) is 6.94. The Kier molecular flexibility index (Phi) is 7.72. The molecule has 2 atom stereocenters. The molecule has 9 heteroatoms. The Morgan fingerprint density at radius 2 is 1.84 bits per heavy atom. The van der Waals surface area contributed by atoms with Gasteiger partial charge in [0.25, 0.3) is 5.91 Å². The lowest BCUT2D eigenvalue weighted by molar-refractivity contribution is -0.122. The Bertz CT molecular complexity index is 1040. The molecule has 2 unspecified atom stereocenters. The van der Waals surface area contributed by atoms with Gasteiger partial charge in [-0.1, -0.05) is 13.8 Å². The van der Waals surface area contributed by atoms with Crippen LogP contribution in [0.3, 0.4) is 0 Å². The molecule has 0 spiro atoms. The van der Waals surface area contributed by atoms with Crippen LogP contribution in [0.5, 0.6) is 5.88 Å². The third kappa shape index (κ3) is 6.36. The Morgan fingerprint density at radius 3 is 2.43 bits per heavy atom. The number of ether oxygens (including phenoxy) is 1. The average molecular weight is 514 g/mol. The van der Waals surface area contributed by atoms with E-state index in [0.29, 0.717) is 35.8 Å². The van der Waals surface area contributed by atoms with E-state index in [1.165, 1.54) is 13.3 Å². The second-order valence-electron chi connectivity index (χ2n) is 12.6. The summed E-state index contributed by atoms with van der Waals surface area (Å²) in [5.74, 6) is 1.98. The van der Waals surface area contributed by atoms with Crippen LogP contribution >= 0.6 is 0 Å². The van der Waals surface area contributed by atoms with E-state index in [1.807, 2.05) is 19.9 Å².